The molecule has 6 heteroatoms. The second-order valence-corrected chi connectivity index (χ2v) is 4.50. The van der Waals surface area contributed by atoms with Gasteiger partial charge in [0.05, 0.1) is 29.7 Å². The molecule has 0 aliphatic rings. The van der Waals surface area contributed by atoms with Crippen LogP contribution in [0.1, 0.15) is 23.0 Å². The van der Waals surface area contributed by atoms with Crippen LogP contribution in [-0.2, 0) is 11.2 Å². The molecule has 1 aromatic carbocycles. The summed E-state index contributed by atoms with van der Waals surface area (Å²) in [4.78, 5) is 12.1. The van der Waals surface area contributed by atoms with Crippen LogP contribution in [0.2, 0.25) is 0 Å². The number of ether oxygens (including phenoxy) is 1. The van der Waals surface area contributed by atoms with Crippen LogP contribution in [0.15, 0.2) is 30.5 Å². The van der Waals surface area contributed by atoms with Crippen molar-refractivity contribution < 1.29 is 13.9 Å². The van der Waals surface area contributed by atoms with Gasteiger partial charge in [0.25, 0.3) is 5.91 Å². The molecule has 0 spiro atoms. The molecule has 0 atom stereocenters. The monoisotopic (exact) mass is 291 g/mol. The molecule has 0 saturated heterocycles. The molecule has 0 saturated carbocycles. The quantitative estimate of drug-likeness (QED) is 0.828. The minimum Gasteiger partial charge on any atom is -0.383 e. The molecule has 1 aromatic heterocycles. The Kier molecular flexibility index (Phi) is 5.05. The number of nitrogens with zero attached hydrogens (tertiary/aromatic N) is 2. The highest BCUT2D eigenvalue weighted by Gasteiger charge is 2.16. The van der Waals surface area contributed by atoms with Crippen molar-refractivity contribution in [3.63, 3.8) is 0 Å². The summed E-state index contributed by atoms with van der Waals surface area (Å²) in [5.74, 6) is -0.487. The van der Waals surface area contributed by atoms with E-state index in [-0.39, 0.29) is 11.7 Å². The van der Waals surface area contributed by atoms with Crippen molar-refractivity contribution in [2.24, 2.45) is 0 Å². The number of carbonyl (C=O) groups is 1. The number of nitrogens with one attached hydrogen (secondary N) is 1. The zero-order valence-electron chi connectivity index (χ0n) is 12.1. The van der Waals surface area contributed by atoms with Gasteiger partial charge in [-0.05, 0) is 30.7 Å². The SMILES string of the molecule is CCc1c(C(=O)NCCOC)cnn1-c1ccc(F)cc1. The Morgan fingerprint density at radius 1 is 1.38 bits per heavy atom. The highest BCUT2D eigenvalue weighted by molar-refractivity contribution is 5.95. The van der Waals surface area contributed by atoms with Gasteiger partial charge >= 0.3 is 0 Å². The lowest BCUT2D eigenvalue weighted by Crippen LogP contribution is -2.27. The van der Waals surface area contributed by atoms with Gasteiger partial charge in [0.2, 0.25) is 0 Å². The summed E-state index contributed by atoms with van der Waals surface area (Å²) >= 11 is 0. The second-order valence-electron chi connectivity index (χ2n) is 4.50. The number of amides is 1. The molecule has 1 N–H and O–H groups in total. The number of benzene rings is 1. The van der Waals surface area contributed by atoms with Crippen molar-refractivity contribution in [1.82, 2.24) is 15.1 Å². The number of halogens is 1. The molecule has 0 aliphatic heterocycles. The summed E-state index contributed by atoms with van der Waals surface area (Å²) in [6, 6.07) is 6.01. The largest absolute Gasteiger partial charge is 0.383 e. The summed E-state index contributed by atoms with van der Waals surface area (Å²) in [6.45, 7) is 2.85. The fraction of sp³-hybridized carbons (Fsp3) is 0.333. The van der Waals surface area contributed by atoms with Gasteiger partial charge in [-0.2, -0.15) is 5.10 Å². The van der Waals surface area contributed by atoms with E-state index in [4.69, 9.17) is 4.74 Å². The Labute approximate surface area is 122 Å². The fourth-order valence-electron chi connectivity index (χ4n) is 2.07. The van der Waals surface area contributed by atoms with Gasteiger partial charge in [0, 0.05) is 13.7 Å². The normalized spacial score (nSPS) is 10.6. The Hall–Kier alpha value is -2.21. The van der Waals surface area contributed by atoms with Gasteiger partial charge in [-0.1, -0.05) is 6.92 Å². The summed E-state index contributed by atoms with van der Waals surface area (Å²) in [5.41, 5.74) is 2.04. The third-order valence-electron chi connectivity index (χ3n) is 3.11. The van der Waals surface area contributed by atoms with Crippen molar-refractivity contribution in [3.8, 4) is 5.69 Å². The lowest BCUT2D eigenvalue weighted by Gasteiger charge is -2.08. The molecule has 0 unspecified atom stereocenters. The number of hydrogen-bond donors (Lipinski definition) is 1. The fourth-order valence-corrected chi connectivity index (χ4v) is 2.07. The van der Waals surface area contributed by atoms with Gasteiger partial charge in [0.15, 0.2) is 0 Å². The molecule has 0 bridgehead atoms. The number of carbonyl (C=O) groups excluding carboxylic acids is 1. The molecule has 2 rings (SSSR count). The molecule has 1 heterocycles. The first-order chi connectivity index (χ1) is 10.2. The molecular formula is C15H18FN3O2. The van der Waals surface area contributed by atoms with E-state index in [0.717, 1.165) is 11.4 Å². The van der Waals surface area contributed by atoms with Crippen LogP contribution in [0.5, 0.6) is 0 Å². The Balaban J connectivity index is 2.25. The maximum absolute atomic E-state index is 13.0. The van der Waals surface area contributed by atoms with Crippen LogP contribution in [-0.4, -0.2) is 35.9 Å². The second kappa shape index (κ2) is 6.99. The van der Waals surface area contributed by atoms with E-state index in [2.05, 4.69) is 10.4 Å². The summed E-state index contributed by atoms with van der Waals surface area (Å²) in [6.07, 6.45) is 2.18. The number of hydrogen-bond acceptors (Lipinski definition) is 3. The van der Waals surface area contributed by atoms with E-state index < -0.39 is 0 Å². The van der Waals surface area contributed by atoms with Gasteiger partial charge in [-0.3, -0.25) is 4.79 Å². The van der Waals surface area contributed by atoms with Crippen LogP contribution in [0.3, 0.4) is 0 Å². The molecule has 1 amide bonds. The maximum atomic E-state index is 13.0. The molecule has 0 fully saturated rings. The third-order valence-corrected chi connectivity index (χ3v) is 3.11. The summed E-state index contributed by atoms with van der Waals surface area (Å²) < 4.78 is 19.5. The first kappa shape index (κ1) is 15.2. The highest BCUT2D eigenvalue weighted by atomic mass is 19.1. The standard InChI is InChI=1S/C15H18FN3O2/c1-3-14-13(15(20)17-8-9-21-2)10-18-19(14)12-6-4-11(16)5-7-12/h4-7,10H,3,8-9H2,1-2H3,(H,17,20). The summed E-state index contributed by atoms with van der Waals surface area (Å²) in [7, 11) is 1.58. The summed E-state index contributed by atoms with van der Waals surface area (Å²) in [5, 5.41) is 7.01. The first-order valence-electron chi connectivity index (χ1n) is 6.77. The minimum atomic E-state index is -0.304. The van der Waals surface area contributed by atoms with E-state index in [1.165, 1.54) is 18.3 Å². The van der Waals surface area contributed by atoms with Crippen molar-refractivity contribution in [1.29, 1.82) is 0 Å². The average Bonchev–Trinajstić information content (AvgIpc) is 2.92. The van der Waals surface area contributed by atoms with E-state index in [0.29, 0.717) is 25.1 Å². The minimum absolute atomic E-state index is 0.183. The highest BCUT2D eigenvalue weighted by Crippen LogP contribution is 2.16. The van der Waals surface area contributed by atoms with Gasteiger partial charge in [-0.15, -0.1) is 0 Å². The molecule has 0 radical (unpaired) electrons. The predicted molar refractivity (Wildman–Crippen MR) is 77.1 cm³/mol. The zero-order valence-corrected chi connectivity index (χ0v) is 12.1. The van der Waals surface area contributed by atoms with Crippen molar-refractivity contribution in [3.05, 3.63) is 47.5 Å². The topological polar surface area (TPSA) is 56.1 Å². The molecular weight excluding hydrogens is 273 g/mol. The van der Waals surface area contributed by atoms with Crippen molar-refractivity contribution >= 4 is 5.91 Å². The lowest BCUT2D eigenvalue weighted by molar-refractivity contribution is 0.0936. The van der Waals surface area contributed by atoms with Crippen molar-refractivity contribution in [2.45, 2.75) is 13.3 Å². The number of methoxy groups -OCH3 is 1. The molecule has 5 nitrogen and oxygen atoms in total. The van der Waals surface area contributed by atoms with Gasteiger partial charge in [-0.25, -0.2) is 9.07 Å². The van der Waals surface area contributed by atoms with Crippen LogP contribution >= 0.6 is 0 Å². The van der Waals surface area contributed by atoms with E-state index in [9.17, 15) is 9.18 Å². The smallest absolute Gasteiger partial charge is 0.254 e. The van der Waals surface area contributed by atoms with E-state index >= 15 is 0 Å². The Morgan fingerprint density at radius 3 is 2.71 bits per heavy atom. The number of rotatable bonds is 6. The maximum Gasteiger partial charge on any atom is 0.254 e. The third kappa shape index (κ3) is 3.46. The molecule has 0 aliphatic carbocycles. The van der Waals surface area contributed by atoms with Crippen LogP contribution in [0.4, 0.5) is 4.39 Å². The van der Waals surface area contributed by atoms with Gasteiger partial charge in [0.1, 0.15) is 5.82 Å². The Morgan fingerprint density at radius 2 is 2.10 bits per heavy atom. The average molecular weight is 291 g/mol. The van der Waals surface area contributed by atoms with Gasteiger partial charge < -0.3 is 10.1 Å². The van der Waals surface area contributed by atoms with Crippen molar-refractivity contribution in [2.75, 3.05) is 20.3 Å². The van der Waals surface area contributed by atoms with E-state index in [1.807, 2.05) is 6.92 Å². The predicted octanol–water partition coefficient (Wildman–Crippen LogP) is 1.95. The zero-order chi connectivity index (χ0) is 15.2. The Bertz CT molecular complexity index is 608. The van der Waals surface area contributed by atoms with Crippen LogP contribution < -0.4 is 5.32 Å². The lowest BCUT2D eigenvalue weighted by atomic mass is 10.2. The first-order valence-corrected chi connectivity index (χ1v) is 6.77. The molecule has 2 aromatic rings. The van der Waals surface area contributed by atoms with Crippen LogP contribution in [0.25, 0.3) is 5.69 Å². The molecule has 112 valence electrons. The molecule has 21 heavy (non-hydrogen) atoms. The van der Waals surface area contributed by atoms with E-state index in [1.54, 1.807) is 23.9 Å². The van der Waals surface area contributed by atoms with Crippen LogP contribution in [0, 0.1) is 5.82 Å². The number of aromatic nitrogens is 2.